The van der Waals surface area contributed by atoms with Gasteiger partial charge in [-0.15, -0.1) is 11.8 Å². The lowest BCUT2D eigenvalue weighted by molar-refractivity contribution is 0.116. The molecule has 0 aromatic heterocycles. The lowest BCUT2D eigenvalue weighted by Gasteiger charge is -2.36. The van der Waals surface area contributed by atoms with Gasteiger partial charge in [0.15, 0.2) is 0 Å². The quantitative estimate of drug-likeness (QED) is 0.550. The van der Waals surface area contributed by atoms with Crippen molar-refractivity contribution in [2.45, 2.75) is 44.7 Å². The van der Waals surface area contributed by atoms with Crippen LogP contribution < -0.4 is 0 Å². The summed E-state index contributed by atoms with van der Waals surface area (Å²) in [6, 6.07) is 0. The maximum Gasteiger partial charge on any atom is 0.0456 e. The van der Waals surface area contributed by atoms with Gasteiger partial charge < -0.3 is 0 Å². The second-order valence-corrected chi connectivity index (χ2v) is 5.76. The van der Waals surface area contributed by atoms with Crippen molar-refractivity contribution in [3.8, 4) is 0 Å². The van der Waals surface area contributed by atoms with Crippen molar-refractivity contribution in [2.75, 3.05) is 11.6 Å². The molecule has 64 valence electrons. The van der Waals surface area contributed by atoms with E-state index in [4.69, 9.17) is 0 Å². The van der Waals surface area contributed by atoms with E-state index < -0.39 is 0 Å². The zero-order valence-electron chi connectivity index (χ0n) is 7.68. The summed E-state index contributed by atoms with van der Waals surface area (Å²) in [5, 5.41) is 0. The number of hydrogen-bond acceptors (Lipinski definition) is 2. The van der Waals surface area contributed by atoms with Crippen LogP contribution in [0.3, 0.4) is 0 Å². The summed E-state index contributed by atoms with van der Waals surface area (Å²) in [4.78, 5) is 2.69. The molecule has 1 aliphatic heterocycles. The van der Waals surface area contributed by atoms with Gasteiger partial charge in [-0.05, 0) is 33.6 Å². The van der Waals surface area contributed by atoms with Gasteiger partial charge in [-0.3, -0.25) is 4.90 Å². The molecule has 1 saturated carbocycles. The highest BCUT2D eigenvalue weighted by atomic mass is 32.2. The molecule has 0 N–H and O–H groups in total. The Labute approximate surface area is 73.5 Å². The Bertz CT molecular complexity index is 167. The first-order valence-corrected chi connectivity index (χ1v) is 5.56. The van der Waals surface area contributed by atoms with E-state index in [-0.39, 0.29) is 0 Å². The first kappa shape index (κ1) is 7.93. The monoisotopic (exact) mass is 171 g/mol. The molecule has 1 heterocycles. The predicted molar refractivity (Wildman–Crippen MR) is 50.9 cm³/mol. The van der Waals surface area contributed by atoms with Gasteiger partial charge >= 0.3 is 0 Å². The molecule has 0 aromatic carbocycles. The molecular formula is C9H17NS. The third kappa shape index (κ3) is 1.20. The molecule has 2 aliphatic rings. The second-order valence-electron chi connectivity index (χ2n) is 4.80. The molecule has 2 rings (SSSR count). The van der Waals surface area contributed by atoms with E-state index in [2.05, 4.69) is 37.4 Å². The van der Waals surface area contributed by atoms with Crippen molar-refractivity contribution >= 4 is 11.8 Å². The summed E-state index contributed by atoms with van der Waals surface area (Å²) in [6.07, 6.45) is 2.88. The predicted octanol–water partition coefficient (Wildman–Crippen LogP) is 2.32. The minimum atomic E-state index is 0.389. The molecule has 0 aromatic rings. The molecule has 0 bridgehead atoms. The molecule has 1 saturated heterocycles. The fourth-order valence-corrected chi connectivity index (χ4v) is 3.76. The fraction of sp³-hybridized carbons (Fsp3) is 1.00. The molecule has 0 radical (unpaired) electrons. The summed E-state index contributed by atoms with van der Waals surface area (Å²) < 4.78 is 0. The van der Waals surface area contributed by atoms with Crippen molar-refractivity contribution in [1.82, 2.24) is 4.90 Å². The molecule has 2 heteroatoms. The van der Waals surface area contributed by atoms with Crippen LogP contribution in [0.1, 0.15) is 33.6 Å². The molecule has 0 unspecified atom stereocenters. The maximum atomic E-state index is 2.69. The van der Waals surface area contributed by atoms with Crippen molar-refractivity contribution in [2.24, 2.45) is 0 Å². The summed E-state index contributed by atoms with van der Waals surface area (Å²) in [5.41, 5.74) is 1.03. The highest BCUT2D eigenvalue weighted by molar-refractivity contribution is 7.99. The molecule has 1 nitrogen and oxygen atoms in total. The number of rotatable bonds is 0. The smallest absolute Gasteiger partial charge is 0.0456 e. The standard InChI is InChI=1S/C9H17NS/c1-8(2,3)10-7-11-6-9(10)4-5-9/h4-7H2,1-3H3. The van der Waals surface area contributed by atoms with Gasteiger partial charge in [0, 0.05) is 22.7 Å². The Kier molecular flexibility index (Phi) is 1.56. The summed E-state index contributed by atoms with van der Waals surface area (Å²) in [6.45, 7) is 7.00. The number of thioether (sulfide) groups is 1. The number of hydrogen-bond donors (Lipinski definition) is 0. The molecule has 1 aliphatic carbocycles. The average molecular weight is 171 g/mol. The topological polar surface area (TPSA) is 3.24 Å². The van der Waals surface area contributed by atoms with Gasteiger partial charge in [0.05, 0.1) is 0 Å². The van der Waals surface area contributed by atoms with Crippen LogP contribution in [-0.4, -0.2) is 27.6 Å². The van der Waals surface area contributed by atoms with Gasteiger partial charge in [0.2, 0.25) is 0 Å². The third-order valence-corrected chi connectivity index (χ3v) is 3.98. The van der Waals surface area contributed by atoms with E-state index in [1.165, 1.54) is 24.5 Å². The lowest BCUT2D eigenvalue weighted by atomic mass is 10.0. The van der Waals surface area contributed by atoms with Crippen LogP contribution in [0.2, 0.25) is 0 Å². The highest BCUT2D eigenvalue weighted by Crippen LogP contribution is 2.52. The zero-order valence-corrected chi connectivity index (χ0v) is 8.50. The van der Waals surface area contributed by atoms with E-state index in [9.17, 15) is 0 Å². The maximum absolute atomic E-state index is 2.69. The molecule has 0 amide bonds. The van der Waals surface area contributed by atoms with Crippen molar-refractivity contribution in [1.29, 1.82) is 0 Å². The average Bonchev–Trinajstić information content (AvgIpc) is 2.38. The van der Waals surface area contributed by atoms with Crippen molar-refractivity contribution in [3.05, 3.63) is 0 Å². The second kappa shape index (κ2) is 2.17. The molecule has 11 heavy (non-hydrogen) atoms. The Hall–Kier alpha value is 0.310. The third-order valence-electron chi connectivity index (χ3n) is 2.80. The fourth-order valence-electron chi connectivity index (χ4n) is 2.01. The van der Waals surface area contributed by atoms with Crippen molar-refractivity contribution in [3.63, 3.8) is 0 Å². The van der Waals surface area contributed by atoms with Crippen LogP contribution >= 0.6 is 11.8 Å². The van der Waals surface area contributed by atoms with E-state index in [1.807, 2.05) is 0 Å². The van der Waals surface area contributed by atoms with Crippen LogP contribution in [0, 0.1) is 0 Å². The van der Waals surface area contributed by atoms with E-state index in [0.717, 1.165) is 0 Å². The minimum Gasteiger partial charge on any atom is -0.283 e. The normalized spacial score (nSPS) is 29.7. The van der Waals surface area contributed by atoms with Crippen LogP contribution in [0.4, 0.5) is 0 Å². The van der Waals surface area contributed by atoms with Gasteiger partial charge in [-0.25, -0.2) is 0 Å². The van der Waals surface area contributed by atoms with Crippen LogP contribution in [0.15, 0.2) is 0 Å². The van der Waals surface area contributed by atoms with E-state index in [1.54, 1.807) is 0 Å². The Balaban J connectivity index is 2.14. The molecular weight excluding hydrogens is 154 g/mol. The summed E-state index contributed by atoms with van der Waals surface area (Å²) in [7, 11) is 0. The van der Waals surface area contributed by atoms with Crippen LogP contribution in [-0.2, 0) is 0 Å². The summed E-state index contributed by atoms with van der Waals surface area (Å²) >= 11 is 2.10. The largest absolute Gasteiger partial charge is 0.283 e. The van der Waals surface area contributed by atoms with Gasteiger partial charge in [-0.2, -0.15) is 0 Å². The van der Waals surface area contributed by atoms with E-state index >= 15 is 0 Å². The van der Waals surface area contributed by atoms with E-state index in [0.29, 0.717) is 11.1 Å². The van der Waals surface area contributed by atoms with Crippen LogP contribution in [0.25, 0.3) is 0 Å². The molecule has 1 spiro atoms. The van der Waals surface area contributed by atoms with Gasteiger partial charge in [0.25, 0.3) is 0 Å². The van der Waals surface area contributed by atoms with Gasteiger partial charge in [0.1, 0.15) is 0 Å². The molecule has 2 fully saturated rings. The Morgan fingerprint density at radius 1 is 1.27 bits per heavy atom. The van der Waals surface area contributed by atoms with Gasteiger partial charge in [-0.1, -0.05) is 0 Å². The Morgan fingerprint density at radius 2 is 1.91 bits per heavy atom. The SMILES string of the molecule is CC(C)(C)N1CSCC12CC2. The zero-order chi connectivity index (χ0) is 8.11. The Morgan fingerprint density at radius 3 is 2.27 bits per heavy atom. The van der Waals surface area contributed by atoms with Crippen LogP contribution in [0.5, 0.6) is 0 Å². The lowest BCUT2D eigenvalue weighted by Crippen LogP contribution is -2.46. The minimum absolute atomic E-state index is 0.389. The summed E-state index contributed by atoms with van der Waals surface area (Å²) in [5.74, 6) is 2.63. The van der Waals surface area contributed by atoms with Crippen molar-refractivity contribution < 1.29 is 0 Å². The number of nitrogens with zero attached hydrogens (tertiary/aromatic N) is 1. The first-order chi connectivity index (χ1) is 5.05. The molecule has 0 atom stereocenters. The highest BCUT2D eigenvalue weighted by Gasteiger charge is 2.54. The first-order valence-electron chi connectivity index (χ1n) is 4.40.